The third-order valence-corrected chi connectivity index (χ3v) is 4.00. The number of aromatic nitrogens is 2. The Morgan fingerprint density at radius 2 is 2.32 bits per heavy atom. The van der Waals surface area contributed by atoms with Gasteiger partial charge in [0.05, 0.1) is 6.67 Å². The molecule has 2 rings (SSSR count). The zero-order valence-electron chi connectivity index (χ0n) is 14.3. The highest BCUT2D eigenvalue weighted by Crippen LogP contribution is 2.33. The molecule has 3 N–H and O–H groups in total. The molecule has 0 amide bonds. The second kappa shape index (κ2) is 7.98. The van der Waals surface area contributed by atoms with Crippen LogP contribution in [0.15, 0.2) is 0 Å². The number of fused-ring (bicyclic) bond motifs is 1. The number of nitrogens with one attached hydrogen (secondary N) is 1. The number of nitrogen functional groups attached to an aromatic ring is 1. The fourth-order valence-corrected chi connectivity index (χ4v) is 2.47. The highest BCUT2D eigenvalue weighted by atomic mass is 19.1. The van der Waals surface area contributed by atoms with Gasteiger partial charge < -0.3 is 25.4 Å². The number of halogens is 1. The molecule has 0 bridgehead atoms. The van der Waals surface area contributed by atoms with Gasteiger partial charge >= 0.3 is 12.0 Å². The number of esters is 1. The highest BCUT2D eigenvalue weighted by Gasteiger charge is 2.32. The van der Waals surface area contributed by atoms with Gasteiger partial charge in [-0.15, -0.1) is 6.42 Å². The van der Waals surface area contributed by atoms with Crippen LogP contribution in [0.2, 0.25) is 0 Å². The van der Waals surface area contributed by atoms with Crippen LogP contribution >= 0.6 is 0 Å². The van der Waals surface area contributed by atoms with Crippen LogP contribution in [0.3, 0.4) is 0 Å². The first-order chi connectivity index (χ1) is 11.9. The number of ether oxygens (including phenoxy) is 2. The van der Waals surface area contributed by atoms with E-state index in [1.165, 1.54) is 7.11 Å². The van der Waals surface area contributed by atoms with E-state index in [1.807, 2.05) is 6.92 Å². The van der Waals surface area contributed by atoms with Gasteiger partial charge in [0.1, 0.15) is 12.3 Å². The Morgan fingerprint density at radius 3 is 2.96 bits per heavy atom. The molecule has 0 saturated heterocycles. The van der Waals surface area contributed by atoms with Crippen LogP contribution in [0, 0.1) is 18.4 Å². The van der Waals surface area contributed by atoms with Crippen molar-refractivity contribution < 1.29 is 18.7 Å². The molecule has 1 aliphatic heterocycles. The molecular weight excluding hydrogens is 329 g/mol. The van der Waals surface area contributed by atoms with E-state index in [0.29, 0.717) is 44.0 Å². The molecule has 1 atom stereocenters. The molecule has 0 spiro atoms. The van der Waals surface area contributed by atoms with E-state index in [4.69, 9.17) is 21.6 Å². The van der Waals surface area contributed by atoms with Crippen molar-refractivity contribution in [3.63, 3.8) is 0 Å². The molecule has 1 aromatic rings. The van der Waals surface area contributed by atoms with E-state index in [2.05, 4.69) is 21.2 Å². The zero-order valence-corrected chi connectivity index (χ0v) is 14.3. The topological polar surface area (TPSA) is 103 Å². The van der Waals surface area contributed by atoms with Gasteiger partial charge in [-0.25, -0.2) is 0 Å². The standard InChI is InChI=1S/C16H22FN5O3/c1-4-6-11(23)25-9-16(5-2,24-3)7-8-22-10-19-12-13(18)20-15(17)21-14(12)22/h2,19H,4,6-10H2,1,3H3,(H2,18,20,21). The minimum atomic E-state index is -1.07. The zero-order chi connectivity index (χ0) is 18.4. The fraction of sp³-hybridized carbons (Fsp3) is 0.562. The Hall–Kier alpha value is -2.60. The molecule has 0 aliphatic carbocycles. The summed E-state index contributed by atoms with van der Waals surface area (Å²) in [6, 6.07) is 0. The maximum absolute atomic E-state index is 13.4. The molecule has 1 unspecified atom stereocenters. The summed E-state index contributed by atoms with van der Waals surface area (Å²) < 4.78 is 24.0. The minimum absolute atomic E-state index is 0.0484. The van der Waals surface area contributed by atoms with Crippen molar-refractivity contribution in [3.05, 3.63) is 6.08 Å². The van der Waals surface area contributed by atoms with Gasteiger partial charge in [-0.2, -0.15) is 14.4 Å². The lowest BCUT2D eigenvalue weighted by molar-refractivity contribution is -0.150. The molecule has 0 fully saturated rings. The van der Waals surface area contributed by atoms with Crippen LogP contribution in [0.4, 0.5) is 21.7 Å². The number of anilines is 3. The average Bonchev–Trinajstić information content (AvgIpc) is 2.99. The molecule has 8 nitrogen and oxygen atoms in total. The van der Waals surface area contributed by atoms with Gasteiger partial charge in [-0.3, -0.25) is 4.79 Å². The lowest BCUT2D eigenvalue weighted by Gasteiger charge is -2.29. The summed E-state index contributed by atoms with van der Waals surface area (Å²) in [5, 5.41) is 3.02. The van der Waals surface area contributed by atoms with Gasteiger partial charge in [0.25, 0.3) is 0 Å². The highest BCUT2D eigenvalue weighted by molar-refractivity contribution is 5.79. The molecule has 9 heteroatoms. The van der Waals surface area contributed by atoms with Crippen molar-refractivity contribution in [2.24, 2.45) is 0 Å². The Morgan fingerprint density at radius 1 is 1.56 bits per heavy atom. The van der Waals surface area contributed by atoms with E-state index >= 15 is 0 Å². The number of rotatable bonds is 8. The smallest absolute Gasteiger partial charge is 0.312 e. The molecule has 2 heterocycles. The SMILES string of the molecule is C#CC(CCN1CNc2c(N)nc(F)nc21)(COC(=O)CCC)OC. The van der Waals surface area contributed by atoms with Crippen LogP contribution in [-0.2, 0) is 14.3 Å². The van der Waals surface area contributed by atoms with Gasteiger partial charge in [0.15, 0.2) is 17.2 Å². The molecule has 136 valence electrons. The van der Waals surface area contributed by atoms with Gasteiger partial charge in [0.2, 0.25) is 0 Å². The van der Waals surface area contributed by atoms with E-state index in [1.54, 1.807) is 4.90 Å². The van der Waals surface area contributed by atoms with E-state index in [9.17, 15) is 9.18 Å². The summed E-state index contributed by atoms with van der Waals surface area (Å²) in [6.45, 7) is 2.63. The maximum Gasteiger partial charge on any atom is 0.312 e. The normalized spacial score (nSPS) is 15.0. The number of carbonyl (C=O) groups excluding carboxylic acids is 1. The first-order valence-corrected chi connectivity index (χ1v) is 7.95. The Balaban J connectivity index is 2.03. The van der Waals surface area contributed by atoms with Crippen molar-refractivity contribution >= 4 is 23.3 Å². The summed E-state index contributed by atoms with van der Waals surface area (Å²) in [7, 11) is 1.46. The largest absolute Gasteiger partial charge is 0.462 e. The average molecular weight is 351 g/mol. The van der Waals surface area contributed by atoms with E-state index in [-0.39, 0.29) is 18.4 Å². The quantitative estimate of drug-likeness (QED) is 0.408. The summed E-state index contributed by atoms with van der Waals surface area (Å²) in [5.74, 6) is 2.65. The van der Waals surface area contributed by atoms with Crippen LogP contribution in [0.25, 0.3) is 0 Å². The number of methoxy groups -OCH3 is 1. The number of nitrogens with zero attached hydrogens (tertiary/aromatic N) is 3. The van der Waals surface area contributed by atoms with Crippen LogP contribution in [0.5, 0.6) is 0 Å². The third kappa shape index (κ3) is 4.28. The third-order valence-electron chi connectivity index (χ3n) is 4.00. The van der Waals surface area contributed by atoms with Gasteiger partial charge in [-0.05, 0) is 6.42 Å². The molecule has 1 aliphatic rings. The summed E-state index contributed by atoms with van der Waals surface area (Å²) in [6.07, 6.45) is 6.07. The second-order valence-electron chi connectivity index (χ2n) is 5.68. The first kappa shape index (κ1) is 18.7. The Bertz CT molecular complexity index is 678. The van der Waals surface area contributed by atoms with Crippen LogP contribution < -0.4 is 16.0 Å². The Labute approximate surface area is 145 Å². The van der Waals surface area contributed by atoms with Gasteiger partial charge in [-0.1, -0.05) is 12.8 Å². The van der Waals surface area contributed by atoms with Crippen LogP contribution in [0.1, 0.15) is 26.2 Å². The molecule has 0 radical (unpaired) electrons. The number of hydrogen-bond donors (Lipinski definition) is 2. The summed E-state index contributed by atoms with van der Waals surface area (Å²) >= 11 is 0. The van der Waals surface area contributed by atoms with Crippen molar-refractivity contribution in [3.8, 4) is 12.3 Å². The van der Waals surface area contributed by atoms with Crippen molar-refractivity contribution in [2.75, 3.05) is 42.9 Å². The van der Waals surface area contributed by atoms with Crippen molar-refractivity contribution in [2.45, 2.75) is 31.8 Å². The second-order valence-corrected chi connectivity index (χ2v) is 5.68. The first-order valence-electron chi connectivity index (χ1n) is 7.95. The van der Waals surface area contributed by atoms with Gasteiger partial charge in [0, 0.05) is 26.5 Å². The molecule has 1 aromatic heterocycles. The van der Waals surface area contributed by atoms with E-state index < -0.39 is 11.7 Å². The predicted molar refractivity (Wildman–Crippen MR) is 91.3 cm³/mol. The minimum Gasteiger partial charge on any atom is -0.462 e. The lowest BCUT2D eigenvalue weighted by atomic mass is 10.0. The summed E-state index contributed by atoms with van der Waals surface area (Å²) in [4.78, 5) is 20.6. The monoisotopic (exact) mass is 351 g/mol. The molecule has 25 heavy (non-hydrogen) atoms. The predicted octanol–water partition coefficient (Wildman–Crippen LogP) is 1.14. The van der Waals surface area contributed by atoms with Crippen molar-refractivity contribution in [1.29, 1.82) is 0 Å². The number of terminal acetylenes is 1. The number of nitrogens with two attached hydrogens (primary N) is 1. The number of hydrogen-bond acceptors (Lipinski definition) is 8. The molecular formula is C16H22FN5O3. The summed E-state index contributed by atoms with van der Waals surface area (Å²) in [5.41, 5.74) is 5.10. The van der Waals surface area contributed by atoms with Crippen LogP contribution in [-0.4, -0.2) is 48.5 Å². The Kier molecular flexibility index (Phi) is 5.98. The van der Waals surface area contributed by atoms with Crippen molar-refractivity contribution in [1.82, 2.24) is 9.97 Å². The lowest BCUT2D eigenvalue weighted by Crippen LogP contribution is -2.40. The molecule has 0 saturated carbocycles. The van der Waals surface area contributed by atoms with E-state index in [0.717, 1.165) is 0 Å². The molecule has 0 aromatic carbocycles. The number of carbonyl (C=O) groups is 1. The fourth-order valence-electron chi connectivity index (χ4n) is 2.47. The maximum atomic E-state index is 13.4.